The van der Waals surface area contributed by atoms with Crippen LogP contribution in [-0.4, -0.2) is 8.42 Å². The van der Waals surface area contributed by atoms with Gasteiger partial charge in [-0.1, -0.05) is 29.3 Å². The van der Waals surface area contributed by atoms with Crippen LogP contribution in [0.5, 0.6) is 0 Å². The predicted molar refractivity (Wildman–Crippen MR) is 82.9 cm³/mol. The summed E-state index contributed by atoms with van der Waals surface area (Å²) in [6.45, 7) is 3.62. The average Bonchev–Trinajstić information content (AvgIpc) is 2.42. The maximum absolute atomic E-state index is 12.3. The molecule has 2 rings (SSSR count). The first-order valence-electron chi connectivity index (χ1n) is 6.13. The van der Waals surface area contributed by atoms with E-state index < -0.39 is 10.0 Å². The Morgan fingerprint density at radius 3 is 2.33 bits per heavy atom. The van der Waals surface area contributed by atoms with Crippen molar-refractivity contribution in [2.24, 2.45) is 0 Å². The van der Waals surface area contributed by atoms with E-state index in [1.165, 1.54) is 18.2 Å². The molecule has 6 heteroatoms. The molecule has 2 aromatic rings. The molecule has 1 N–H and O–H groups in total. The minimum Gasteiger partial charge on any atom is -0.278 e. The number of nitriles is 1. The highest BCUT2D eigenvalue weighted by molar-refractivity contribution is 7.92. The largest absolute Gasteiger partial charge is 0.278 e. The van der Waals surface area contributed by atoms with Gasteiger partial charge in [-0.2, -0.15) is 5.26 Å². The molecular formula is C15H13ClN2O2S. The van der Waals surface area contributed by atoms with E-state index in [1.54, 1.807) is 25.1 Å². The number of anilines is 1. The van der Waals surface area contributed by atoms with Gasteiger partial charge in [-0.15, -0.1) is 0 Å². The van der Waals surface area contributed by atoms with Gasteiger partial charge in [0.2, 0.25) is 0 Å². The van der Waals surface area contributed by atoms with Crippen molar-refractivity contribution >= 4 is 27.3 Å². The fourth-order valence-corrected chi connectivity index (χ4v) is 3.01. The van der Waals surface area contributed by atoms with Crippen molar-refractivity contribution in [2.75, 3.05) is 4.72 Å². The van der Waals surface area contributed by atoms with Crippen LogP contribution in [0.15, 0.2) is 41.3 Å². The van der Waals surface area contributed by atoms with Crippen molar-refractivity contribution in [3.63, 3.8) is 0 Å². The second kappa shape index (κ2) is 5.76. The molecule has 0 aliphatic carbocycles. The van der Waals surface area contributed by atoms with Crippen molar-refractivity contribution in [3.05, 3.63) is 58.1 Å². The Bertz CT molecular complexity index is 822. The van der Waals surface area contributed by atoms with E-state index in [2.05, 4.69) is 4.72 Å². The van der Waals surface area contributed by atoms with Gasteiger partial charge in [-0.3, -0.25) is 4.72 Å². The lowest BCUT2D eigenvalue weighted by molar-refractivity contribution is 0.601. The topological polar surface area (TPSA) is 70.0 Å². The monoisotopic (exact) mass is 320 g/mol. The molecule has 0 unspecified atom stereocenters. The number of aryl methyl sites for hydroxylation is 2. The zero-order chi connectivity index (χ0) is 15.6. The van der Waals surface area contributed by atoms with Crippen LogP contribution >= 0.6 is 11.6 Å². The van der Waals surface area contributed by atoms with Crippen molar-refractivity contribution in [2.45, 2.75) is 18.7 Å². The Morgan fingerprint density at radius 2 is 1.76 bits per heavy atom. The fraction of sp³-hybridized carbons (Fsp3) is 0.133. The number of benzene rings is 2. The Kier molecular flexibility index (Phi) is 4.21. The summed E-state index contributed by atoms with van der Waals surface area (Å²) in [5, 5.41) is 9.51. The standard InChI is InChI=1S/C15H13ClN2O2S/c1-10-3-5-13(6-4-10)21(19,20)18-15-8-14(16)11(2)7-12(15)9-17/h3-8,18H,1-2H3. The number of nitrogens with one attached hydrogen (secondary N) is 1. The van der Waals surface area contributed by atoms with Crippen LogP contribution in [0.3, 0.4) is 0 Å². The Balaban J connectivity index is 2.44. The van der Waals surface area contributed by atoms with Crippen LogP contribution in [0.2, 0.25) is 5.02 Å². The minimum atomic E-state index is -3.75. The van der Waals surface area contributed by atoms with Crippen LogP contribution in [0, 0.1) is 25.2 Å². The van der Waals surface area contributed by atoms with E-state index >= 15 is 0 Å². The number of rotatable bonds is 3. The van der Waals surface area contributed by atoms with E-state index in [4.69, 9.17) is 16.9 Å². The summed E-state index contributed by atoms with van der Waals surface area (Å²) in [5.41, 5.74) is 2.08. The van der Waals surface area contributed by atoms with Gasteiger partial charge in [0.05, 0.1) is 16.1 Å². The van der Waals surface area contributed by atoms with Gasteiger partial charge in [0, 0.05) is 5.02 Å². The van der Waals surface area contributed by atoms with Gasteiger partial charge >= 0.3 is 0 Å². The van der Waals surface area contributed by atoms with E-state index in [9.17, 15) is 8.42 Å². The first-order valence-corrected chi connectivity index (χ1v) is 7.99. The molecule has 108 valence electrons. The Morgan fingerprint density at radius 1 is 1.14 bits per heavy atom. The third-order valence-electron chi connectivity index (χ3n) is 2.99. The average molecular weight is 321 g/mol. The van der Waals surface area contributed by atoms with Crippen molar-refractivity contribution in [1.29, 1.82) is 5.26 Å². The molecule has 0 amide bonds. The summed E-state index contributed by atoms with van der Waals surface area (Å²) in [5.74, 6) is 0. The van der Waals surface area contributed by atoms with Gasteiger partial charge in [-0.25, -0.2) is 8.42 Å². The lowest BCUT2D eigenvalue weighted by Crippen LogP contribution is -2.14. The molecule has 0 saturated heterocycles. The summed E-state index contributed by atoms with van der Waals surface area (Å²) in [4.78, 5) is 0.133. The molecule has 0 radical (unpaired) electrons. The predicted octanol–water partition coefficient (Wildman–Crippen LogP) is 3.63. The molecule has 0 aromatic heterocycles. The Hall–Kier alpha value is -2.03. The molecule has 0 aliphatic heterocycles. The molecule has 0 fully saturated rings. The first kappa shape index (κ1) is 15.4. The zero-order valence-electron chi connectivity index (χ0n) is 11.5. The third-order valence-corrected chi connectivity index (χ3v) is 4.78. The van der Waals surface area contributed by atoms with Crippen LogP contribution in [0.1, 0.15) is 16.7 Å². The zero-order valence-corrected chi connectivity index (χ0v) is 13.1. The lowest BCUT2D eigenvalue weighted by Gasteiger charge is -2.11. The van der Waals surface area contributed by atoms with E-state index in [1.807, 2.05) is 13.0 Å². The quantitative estimate of drug-likeness (QED) is 0.938. The van der Waals surface area contributed by atoms with E-state index in [0.717, 1.165) is 5.56 Å². The van der Waals surface area contributed by atoms with Gasteiger partial charge in [0.25, 0.3) is 10.0 Å². The second-order valence-corrected chi connectivity index (χ2v) is 6.77. The molecule has 21 heavy (non-hydrogen) atoms. The number of halogens is 1. The molecule has 0 saturated carbocycles. The number of hydrogen-bond acceptors (Lipinski definition) is 3. The van der Waals surface area contributed by atoms with Crippen LogP contribution in [-0.2, 0) is 10.0 Å². The van der Waals surface area contributed by atoms with Crippen molar-refractivity contribution in [1.82, 2.24) is 0 Å². The number of hydrogen-bond donors (Lipinski definition) is 1. The maximum atomic E-state index is 12.3. The third kappa shape index (κ3) is 3.35. The molecular weight excluding hydrogens is 308 g/mol. The highest BCUT2D eigenvalue weighted by Crippen LogP contribution is 2.26. The van der Waals surface area contributed by atoms with Crippen molar-refractivity contribution in [3.8, 4) is 6.07 Å². The molecule has 0 bridgehead atoms. The van der Waals surface area contributed by atoms with Gasteiger partial charge in [0.1, 0.15) is 6.07 Å². The fourth-order valence-electron chi connectivity index (χ4n) is 1.78. The van der Waals surface area contributed by atoms with Crippen molar-refractivity contribution < 1.29 is 8.42 Å². The normalized spacial score (nSPS) is 11.0. The van der Waals surface area contributed by atoms with E-state index in [-0.39, 0.29) is 16.1 Å². The summed E-state index contributed by atoms with van der Waals surface area (Å²) in [6, 6.07) is 11.4. The summed E-state index contributed by atoms with van der Waals surface area (Å²) in [6.07, 6.45) is 0. The molecule has 0 atom stereocenters. The smallest absolute Gasteiger partial charge is 0.261 e. The summed E-state index contributed by atoms with van der Waals surface area (Å²) >= 11 is 5.99. The molecule has 0 heterocycles. The highest BCUT2D eigenvalue weighted by Gasteiger charge is 2.17. The summed E-state index contributed by atoms with van der Waals surface area (Å²) < 4.78 is 27.0. The molecule has 0 spiro atoms. The molecule has 4 nitrogen and oxygen atoms in total. The SMILES string of the molecule is Cc1ccc(S(=O)(=O)Nc2cc(Cl)c(C)cc2C#N)cc1. The minimum absolute atomic E-state index is 0.133. The molecule has 0 aliphatic rings. The van der Waals surface area contributed by atoms with Crippen LogP contribution in [0.25, 0.3) is 0 Å². The molecule has 2 aromatic carbocycles. The van der Waals surface area contributed by atoms with Gasteiger partial charge in [0.15, 0.2) is 0 Å². The Labute approximate surface area is 129 Å². The highest BCUT2D eigenvalue weighted by atomic mass is 35.5. The lowest BCUT2D eigenvalue weighted by atomic mass is 10.1. The number of sulfonamides is 1. The van der Waals surface area contributed by atoms with Crippen LogP contribution in [0.4, 0.5) is 5.69 Å². The van der Waals surface area contributed by atoms with E-state index in [0.29, 0.717) is 10.6 Å². The van der Waals surface area contributed by atoms with Gasteiger partial charge in [-0.05, 0) is 43.7 Å². The van der Waals surface area contributed by atoms with Gasteiger partial charge < -0.3 is 0 Å². The maximum Gasteiger partial charge on any atom is 0.261 e. The summed E-state index contributed by atoms with van der Waals surface area (Å²) in [7, 11) is -3.75. The van der Waals surface area contributed by atoms with Crippen LogP contribution < -0.4 is 4.72 Å². The number of nitrogens with zero attached hydrogens (tertiary/aromatic N) is 1. The second-order valence-electron chi connectivity index (χ2n) is 4.68. The first-order chi connectivity index (χ1) is 9.83.